The summed E-state index contributed by atoms with van der Waals surface area (Å²) in [4.78, 5) is 0. The molecule has 34 heavy (non-hydrogen) atoms. The third kappa shape index (κ3) is 6.84. The SMILES string of the molecule is CCCCCC1CCC(CCC2CCC(c3ccc(-c4cc(F)c(Cl)c(F)c4)cc3)CC2)CC1. The molecule has 0 saturated heterocycles. The molecule has 2 aromatic rings. The van der Waals surface area contributed by atoms with Crippen molar-refractivity contribution in [3.8, 4) is 11.1 Å². The molecule has 2 aromatic carbocycles. The smallest absolute Gasteiger partial charge is 0.145 e. The van der Waals surface area contributed by atoms with Crippen molar-refractivity contribution in [3.63, 3.8) is 0 Å². The van der Waals surface area contributed by atoms with Gasteiger partial charge >= 0.3 is 0 Å². The largest absolute Gasteiger partial charge is 0.205 e. The Bertz CT molecular complexity index is 867. The fourth-order valence-electron chi connectivity index (χ4n) is 6.42. The molecule has 0 atom stereocenters. The predicted molar refractivity (Wildman–Crippen MR) is 140 cm³/mol. The van der Waals surface area contributed by atoms with Crippen LogP contribution in [0.5, 0.6) is 0 Å². The van der Waals surface area contributed by atoms with E-state index in [2.05, 4.69) is 19.1 Å². The van der Waals surface area contributed by atoms with Crippen LogP contribution in [-0.2, 0) is 0 Å². The third-order valence-corrected chi connectivity index (χ3v) is 9.07. The van der Waals surface area contributed by atoms with Gasteiger partial charge in [-0.15, -0.1) is 0 Å². The molecule has 0 N–H and O–H groups in total. The van der Waals surface area contributed by atoms with Gasteiger partial charge in [0.25, 0.3) is 0 Å². The summed E-state index contributed by atoms with van der Waals surface area (Å²) in [5, 5.41) is -0.438. The van der Waals surface area contributed by atoms with Gasteiger partial charge in [0.2, 0.25) is 0 Å². The third-order valence-electron chi connectivity index (χ3n) is 8.71. The average molecular weight is 487 g/mol. The second-order valence-corrected chi connectivity index (χ2v) is 11.4. The highest BCUT2D eigenvalue weighted by atomic mass is 35.5. The van der Waals surface area contributed by atoms with Gasteiger partial charge in [0.15, 0.2) is 0 Å². The summed E-state index contributed by atoms with van der Waals surface area (Å²) in [5.74, 6) is 2.09. The molecule has 0 unspecified atom stereocenters. The molecule has 0 radical (unpaired) electrons. The summed E-state index contributed by atoms with van der Waals surface area (Å²) in [6, 6.07) is 10.9. The zero-order valence-electron chi connectivity index (χ0n) is 20.8. The van der Waals surface area contributed by atoms with Crippen molar-refractivity contribution in [1.29, 1.82) is 0 Å². The zero-order chi connectivity index (χ0) is 23.9. The van der Waals surface area contributed by atoms with Gasteiger partial charge in [0, 0.05) is 0 Å². The summed E-state index contributed by atoms with van der Waals surface area (Å²) in [7, 11) is 0. The lowest BCUT2D eigenvalue weighted by molar-refractivity contribution is 0.222. The lowest BCUT2D eigenvalue weighted by atomic mass is 9.74. The van der Waals surface area contributed by atoms with E-state index in [9.17, 15) is 8.78 Å². The number of halogens is 3. The fraction of sp³-hybridized carbons (Fsp3) is 0.613. The van der Waals surface area contributed by atoms with Crippen molar-refractivity contribution in [1.82, 2.24) is 0 Å². The highest BCUT2D eigenvalue weighted by Crippen LogP contribution is 2.40. The van der Waals surface area contributed by atoms with E-state index in [4.69, 9.17) is 11.6 Å². The lowest BCUT2D eigenvalue weighted by Gasteiger charge is -2.32. The maximum Gasteiger partial charge on any atom is 0.145 e. The highest BCUT2D eigenvalue weighted by Gasteiger charge is 2.25. The molecule has 186 valence electrons. The first-order chi connectivity index (χ1) is 16.5. The average Bonchev–Trinajstić information content (AvgIpc) is 2.87. The standard InChI is InChI=1S/C31H41ClF2/c1-2-3-4-5-22-6-8-23(9-7-22)10-11-24-12-14-25(15-13-24)26-16-18-27(19-17-26)28-20-29(33)31(32)30(34)21-28/h16-25H,2-15H2,1H3. The monoisotopic (exact) mass is 486 g/mol. The molecule has 2 saturated carbocycles. The Labute approximate surface area is 210 Å². The Morgan fingerprint density at radius 3 is 1.71 bits per heavy atom. The molecule has 0 aromatic heterocycles. The van der Waals surface area contributed by atoms with Crippen LogP contribution in [0.4, 0.5) is 8.78 Å². The minimum absolute atomic E-state index is 0.438. The van der Waals surface area contributed by atoms with Crippen LogP contribution in [0.1, 0.15) is 108 Å². The van der Waals surface area contributed by atoms with E-state index in [0.717, 1.165) is 23.3 Å². The van der Waals surface area contributed by atoms with Crippen LogP contribution in [0.15, 0.2) is 36.4 Å². The van der Waals surface area contributed by atoms with Crippen molar-refractivity contribution in [2.45, 2.75) is 103 Å². The topological polar surface area (TPSA) is 0 Å². The summed E-state index contributed by atoms with van der Waals surface area (Å²) in [6.07, 6.45) is 19.6. The highest BCUT2D eigenvalue weighted by molar-refractivity contribution is 6.31. The Morgan fingerprint density at radius 2 is 1.18 bits per heavy atom. The lowest BCUT2D eigenvalue weighted by Crippen LogP contribution is -2.17. The van der Waals surface area contributed by atoms with Crippen LogP contribution in [-0.4, -0.2) is 0 Å². The number of unbranched alkanes of at least 4 members (excludes halogenated alkanes) is 2. The van der Waals surface area contributed by atoms with Crippen molar-refractivity contribution in [3.05, 3.63) is 58.6 Å². The van der Waals surface area contributed by atoms with E-state index in [1.165, 1.54) is 108 Å². The molecule has 0 bridgehead atoms. The van der Waals surface area contributed by atoms with Crippen LogP contribution < -0.4 is 0 Å². The van der Waals surface area contributed by atoms with Crippen LogP contribution >= 0.6 is 11.6 Å². The molecule has 0 amide bonds. The van der Waals surface area contributed by atoms with Gasteiger partial charge in [-0.1, -0.05) is 107 Å². The van der Waals surface area contributed by atoms with Gasteiger partial charge in [0.05, 0.1) is 0 Å². The maximum atomic E-state index is 13.8. The van der Waals surface area contributed by atoms with Crippen LogP contribution in [0.3, 0.4) is 0 Å². The summed E-state index contributed by atoms with van der Waals surface area (Å²) < 4.78 is 27.6. The van der Waals surface area contributed by atoms with E-state index < -0.39 is 16.7 Å². The van der Waals surface area contributed by atoms with Crippen LogP contribution in [0.2, 0.25) is 5.02 Å². The quantitative estimate of drug-likeness (QED) is 0.244. The second-order valence-electron chi connectivity index (χ2n) is 11.1. The maximum absolute atomic E-state index is 13.8. The van der Waals surface area contributed by atoms with Crippen molar-refractivity contribution >= 4 is 11.6 Å². The minimum Gasteiger partial charge on any atom is -0.205 e. The molecule has 0 heterocycles. The molecule has 0 spiro atoms. The number of benzene rings is 2. The Hall–Kier alpha value is -1.41. The predicted octanol–water partition coefficient (Wildman–Crippen LogP) is 10.7. The van der Waals surface area contributed by atoms with Crippen LogP contribution in [0.25, 0.3) is 11.1 Å². The van der Waals surface area contributed by atoms with E-state index in [1.54, 1.807) is 0 Å². The minimum atomic E-state index is -0.709. The second kappa shape index (κ2) is 12.5. The molecule has 0 nitrogen and oxygen atoms in total. The molecule has 4 rings (SSSR count). The first-order valence-corrected chi connectivity index (χ1v) is 14.2. The van der Waals surface area contributed by atoms with Gasteiger partial charge in [-0.25, -0.2) is 8.78 Å². The number of hydrogen-bond acceptors (Lipinski definition) is 0. The molecular formula is C31H41ClF2. The molecule has 2 aliphatic rings. The van der Waals surface area contributed by atoms with Gasteiger partial charge in [-0.05, 0) is 78.2 Å². The Kier molecular flexibility index (Phi) is 9.46. The van der Waals surface area contributed by atoms with Crippen LogP contribution in [0, 0.1) is 29.4 Å². The first-order valence-electron chi connectivity index (χ1n) is 13.8. The van der Waals surface area contributed by atoms with Crippen molar-refractivity contribution in [2.24, 2.45) is 17.8 Å². The summed E-state index contributed by atoms with van der Waals surface area (Å²) in [6.45, 7) is 2.30. The van der Waals surface area contributed by atoms with Gasteiger partial charge in [-0.2, -0.15) is 0 Å². The zero-order valence-corrected chi connectivity index (χ0v) is 21.6. The molecule has 2 aliphatic carbocycles. The summed E-state index contributed by atoms with van der Waals surface area (Å²) >= 11 is 5.62. The van der Waals surface area contributed by atoms with Crippen molar-refractivity contribution in [2.75, 3.05) is 0 Å². The van der Waals surface area contributed by atoms with Gasteiger partial charge in [-0.3, -0.25) is 0 Å². The van der Waals surface area contributed by atoms with Gasteiger partial charge < -0.3 is 0 Å². The first kappa shape index (κ1) is 25.7. The molecule has 2 fully saturated rings. The van der Waals surface area contributed by atoms with Gasteiger partial charge in [0.1, 0.15) is 16.7 Å². The number of rotatable bonds is 9. The Morgan fingerprint density at radius 1 is 0.676 bits per heavy atom. The molecule has 3 heteroatoms. The Balaban J connectivity index is 1.19. The van der Waals surface area contributed by atoms with Crippen molar-refractivity contribution < 1.29 is 8.78 Å². The summed E-state index contributed by atoms with van der Waals surface area (Å²) in [5.41, 5.74) is 2.72. The van der Waals surface area contributed by atoms with E-state index in [-0.39, 0.29) is 0 Å². The molecular weight excluding hydrogens is 446 g/mol. The van der Waals surface area contributed by atoms with E-state index in [0.29, 0.717) is 11.5 Å². The van der Waals surface area contributed by atoms with E-state index in [1.807, 2.05) is 12.1 Å². The fourth-order valence-corrected chi connectivity index (χ4v) is 6.53. The molecule has 0 aliphatic heterocycles. The van der Waals surface area contributed by atoms with E-state index >= 15 is 0 Å². The number of hydrogen-bond donors (Lipinski definition) is 0. The normalized spacial score (nSPS) is 25.4.